The first kappa shape index (κ1) is 16.1. The summed E-state index contributed by atoms with van der Waals surface area (Å²) >= 11 is 1.90. The molecule has 1 N–H and O–H groups in total. The van der Waals surface area contributed by atoms with Crippen molar-refractivity contribution in [2.45, 2.75) is 39.7 Å². The van der Waals surface area contributed by atoms with E-state index in [4.69, 9.17) is 4.74 Å². The minimum Gasteiger partial charge on any atom is -0.496 e. The molecule has 0 amide bonds. The molecule has 0 saturated heterocycles. The van der Waals surface area contributed by atoms with Gasteiger partial charge in [-0.05, 0) is 56.5 Å². The highest BCUT2D eigenvalue weighted by Crippen LogP contribution is 2.31. The molecule has 0 fully saturated rings. The molecule has 3 heteroatoms. The van der Waals surface area contributed by atoms with Crippen molar-refractivity contribution in [2.75, 3.05) is 13.7 Å². The molecule has 0 aliphatic carbocycles. The molecule has 0 bridgehead atoms. The predicted octanol–water partition coefficient (Wildman–Crippen LogP) is 4.66. The molecule has 0 aliphatic heterocycles. The maximum absolute atomic E-state index is 5.49. The highest BCUT2D eigenvalue weighted by Gasteiger charge is 2.16. The second-order valence-corrected chi connectivity index (χ2v) is 6.70. The molecule has 1 atom stereocenters. The molecule has 0 radical (unpaired) electrons. The van der Waals surface area contributed by atoms with Crippen LogP contribution in [-0.4, -0.2) is 13.7 Å². The molecule has 0 saturated carbocycles. The molecule has 1 aromatic heterocycles. The van der Waals surface area contributed by atoms with Crippen LogP contribution in [0, 0.1) is 13.8 Å². The second kappa shape index (κ2) is 7.62. The fourth-order valence-electron chi connectivity index (χ4n) is 2.46. The smallest absolute Gasteiger partial charge is 0.122 e. The van der Waals surface area contributed by atoms with Crippen LogP contribution in [0.1, 0.15) is 40.3 Å². The van der Waals surface area contributed by atoms with E-state index in [9.17, 15) is 0 Å². The summed E-state index contributed by atoms with van der Waals surface area (Å²) in [6.45, 7) is 7.63. The van der Waals surface area contributed by atoms with Crippen molar-refractivity contribution in [1.29, 1.82) is 0 Å². The third-order valence-electron chi connectivity index (χ3n) is 3.79. The molecular weight excluding hydrogens is 278 g/mol. The van der Waals surface area contributed by atoms with Crippen molar-refractivity contribution in [3.63, 3.8) is 0 Å². The number of hydrogen-bond donors (Lipinski definition) is 1. The average Bonchev–Trinajstić information content (AvgIpc) is 2.83. The summed E-state index contributed by atoms with van der Waals surface area (Å²) in [4.78, 5) is 2.83. The highest BCUT2D eigenvalue weighted by atomic mass is 32.1. The van der Waals surface area contributed by atoms with Crippen LogP contribution in [0.5, 0.6) is 5.75 Å². The van der Waals surface area contributed by atoms with Gasteiger partial charge in [0.05, 0.1) is 7.11 Å². The molecule has 2 nitrogen and oxygen atoms in total. The summed E-state index contributed by atoms with van der Waals surface area (Å²) in [6.07, 6.45) is 2.11. The minimum atomic E-state index is 0.360. The van der Waals surface area contributed by atoms with Gasteiger partial charge in [-0.3, -0.25) is 0 Å². The lowest BCUT2D eigenvalue weighted by Gasteiger charge is -2.19. The van der Waals surface area contributed by atoms with E-state index in [0.29, 0.717) is 6.04 Å². The normalized spacial score (nSPS) is 12.4. The summed E-state index contributed by atoms with van der Waals surface area (Å²) in [5.41, 5.74) is 2.65. The van der Waals surface area contributed by atoms with E-state index in [-0.39, 0.29) is 0 Å². The Hall–Kier alpha value is -1.32. The number of thiophene rings is 1. The number of methoxy groups -OCH3 is 1. The first-order valence-electron chi connectivity index (χ1n) is 7.58. The van der Waals surface area contributed by atoms with Gasteiger partial charge in [0, 0.05) is 15.8 Å². The zero-order valence-corrected chi connectivity index (χ0v) is 14.2. The molecule has 1 aromatic carbocycles. The number of aryl methyl sites for hydroxylation is 2. The Morgan fingerprint density at radius 3 is 2.62 bits per heavy atom. The quantitative estimate of drug-likeness (QED) is 0.803. The van der Waals surface area contributed by atoms with Crippen LogP contribution < -0.4 is 10.1 Å². The van der Waals surface area contributed by atoms with E-state index in [1.807, 2.05) is 23.5 Å². The average molecular weight is 303 g/mol. The molecular formula is C18H25NOS. The zero-order valence-electron chi connectivity index (χ0n) is 13.4. The summed E-state index contributed by atoms with van der Waals surface area (Å²) in [6, 6.07) is 11.0. The molecule has 114 valence electrons. The summed E-state index contributed by atoms with van der Waals surface area (Å²) in [5.74, 6) is 0.978. The van der Waals surface area contributed by atoms with Gasteiger partial charge in [0.2, 0.25) is 0 Å². The topological polar surface area (TPSA) is 21.3 Å². The fourth-order valence-corrected chi connectivity index (χ4v) is 3.58. The number of para-hydroxylation sites is 1. The van der Waals surface area contributed by atoms with E-state index in [1.54, 1.807) is 7.11 Å². The largest absolute Gasteiger partial charge is 0.496 e. The fraction of sp³-hybridized carbons (Fsp3) is 0.444. The van der Waals surface area contributed by atoms with Gasteiger partial charge in [-0.15, -0.1) is 11.3 Å². The molecule has 1 heterocycles. The lowest BCUT2D eigenvalue weighted by molar-refractivity contribution is 0.405. The lowest BCUT2D eigenvalue weighted by Crippen LogP contribution is -2.23. The molecule has 2 rings (SSSR count). The Kier molecular flexibility index (Phi) is 5.83. The van der Waals surface area contributed by atoms with Crippen LogP contribution in [0.3, 0.4) is 0 Å². The molecule has 0 spiro atoms. The van der Waals surface area contributed by atoms with E-state index >= 15 is 0 Å². The summed E-state index contributed by atoms with van der Waals surface area (Å²) in [5, 5.41) is 3.68. The van der Waals surface area contributed by atoms with Crippen LogP contribution in [0.15, 0.2) is 30.3 Å². The van der Waals surface area contributed by atoms with Gasteiger partial charge >= 0.3 is 0 Å². The maximum Gasteiger partial charge on any atom is 0.122 e. The van der Waals surface area contributed by atoms with Gasteiger partial charge in [-0.25, -0.2) is 0 Å². The van der Waals surface area contributed by atoms with Crippen LogP contribution in [0.2, 0.25) is 0 Å². The Balaban J connectivity index is 2.23. The van der Waals surface area contributed by atoms with Crippen LogP contribution in [0.4, 0.5) is 0 Å². The van der Waals surface area contributed by atoms with Gasteiger partial charge < -0.3 is 10.1 Å². The molecule has 21 heavy (non-hydrogen) atoms. The maximum atomic E-state index is 5.49. The van der Waals surface area contributed by atoms with Crippen molar-refractivity contribution < 1.29 is 4.74 Å². The Morgan fingerprint density at radius 2 is 2.00 bits per heavy atom. The Morgan fingerprint density at radius 1 is 1.24 bits per heavy atom. The van der Waals surface area contributed by atoms with Gasteiger partial charge in [0.25, 0.3) is 0 Å². The van der Waals surface area contributed by atoms with Crippen molar-refractivity contribution in [3.8, 4) is 5.75 Å². The second-order valence-electron chi connectivity index (χ2n) is 5.41. The number of benzene rings is 1. The number of hydrogen-bond acceptors (Lipinski definition) is 3. The van der Waals surface area contributed by atoms with E-state index in [0.717, 1.165) is 25.1 Å². The summed E-state index contributed by atoms with van der Waals surface area (Å²) < 4.78 is 5.49. The minimum absolute atomic E-state index is 0.360. The van der Waals surface area contributed by atoms with Gasteiger partial charge in [-0.2, -0.15) is 0 Å². The van der Waals surface area contributed by atoms with Gasteiger partial charge in [0.1, 0.15) is 5.75 Å². The van der Waals surface area contributed by atoms with Crippen molar-refractivity contribution in [3.05, 3.63) is 51.2 Å². The van der Waals surface area contributed by atoms with Crippen LogP contribution in [-0.2, 0) is 6.42 Å². The number of ether oxygens (including phenoxy) is 1. The van der Waals surface area contributed by atoms with Crippen molar-refractivity contribution in [1.82, 2.24) is 5.32 Å². The number of nitrogens with one attached hydrogen (secondary N) is 1. The van der Waals surface area contributed by atoms with Crippen LogP contribution >= 0.6 is 11.3 Å². The highest BCUT2D eigenvalue weighted by molar-refractivity contribution is 7.12. The summed E-state index contributed by atoms with van der Waals surface area (Å²) in [7, 11) is 1.74. The van der Waals surface area contributed by atoms with Crippen LogP contribution in [0.25, 0.3) is 0 Å². The van der Waals surface area contributed by atoms with E-state index in [2.05, 4.69) is 44.3 Å². The number of rotatable bonds is 7. The standard InChI is InChI=1S/C18H25NOS/c1-5-10-19-16(18-11-13(2)14(3)21-18)12-15-8-6-7-9-17(15)20-4/h6-9,11,16,19H,5,10,12H2,1-4H3. The Bertz CT molecular complexity index is 557. The zero-order chi connectivity index (χ0) is 15.2. The first-order chi connectivity index (χ1) is 10.2. The SMILES string of the molecule is CCCNC(Cc1ccccc1OC)c1cc(C)c(C)s1. The third-order valence-corrected chi connectivity index (χ3v) is 5.05. The van der Waals surface area contributed by atoms with E-state index < -0.39 is 0 Å². The van der Waals surface area contributed by atoms with Gasteiger partial charge in [0.15, 0.2) is 0 Å². The predicted molar refractivity (Wildman–Crippen MR) is 91.5 cm³/mol. The van der Waals surface area contributed by atoms with Gasteiger partial charge in [-0.1, -0.05) is 25.1 Å². The molecule has 0 aliphatic rings. The van der Waals surface area contributed by atoms with Crippen molar-refractivity contribution >= 4 is 11.3 Å². The first-order valence-corrected chi connectivity index (χ1v) is 8.39. The Labute approximate surface area is 132 Å². The lowest BCUT2D eigenvalue weighted by atomic mass is 10.0. The van der Waals surface area contributed by atoms with E-state index in [1.165, 1.54) is 20.9 Å². The molecule has 1 unspecified atom stereocenters. The molecule has 2 aromatic rings. The van der Waals surface area contributed by atoms with Crippen molar-refractivity contribution in [2.24, 2.45) is 0 Å². The monoisotopic (exact) mass is 303 g/mol. The third kappa shape index (κ3) is 4.08.